The largest absolute Gasteiger partial charge is 0.496 e. The van der Waals surface area contributed by atoms with Crippen LogP contribution in [0.1, 0.15) is 18.4 Å². The van der Waals surface area contributed by atoms with Crippen molar-refractivity contribution >= 4 is 5.97 Å². The van der Waals surface area contributed by atoms with Crippen LogP contribution in [0.2, 0.25) is 0 Å². The van der Waals surface area contributed by atoms with Crippen molar-refractivity contribution < 1.29 is 23.7 Å². The van der Waals surface area contributed by atoms with Crippen LogP contribution in [0.3, 0.4) is 0 Å². The Kier molecular flexibility index (Phi) is 3.16. The third-order valence-corrected chi connectivity index (χ3v) is 3.43. The van der Waals surface area contributed by atoms with Crippen LogP contribution < -0.4 is 4.74 Å². The lowest BCUT2D eigenvalue weighted by molar-refractivity contribution is -0.134. The molecule has 2 aliphatic heterocycles. The molecule has 3 rings (SSSR count). The number of hydrogen-bond acceptors (Lipinski definition) is 5. The van der Waals surface area contributed by atoms with E-state index < -0.39 is 5.79 Å². The molecule has 2 fully saturated rings. The van der Waals surface area contributed by atoms with Gasteiger partial charge in [0.05, 0.1) is 18.8 Å². The van der Waals surface area contributed by atoms with Gasteiger partial charge in [-0.2, -0.15) is 0 Å². The summed E-state index contributed by atoms with van der Waals surface area (Å²) in [6.07, 6.45) is 1.52. The molecule has 0 bridgehead atoms. The van der Waals surface area contributed by atoms with E-state index in [0.29, 0.717) is 24.5 Å². The summed E-state index contributed by atoms with van der Waals surface area (Å²) < 4.78 is 21.6. The minimum atomic E-state index is -1.27. The average molecular weight is 264 g/mol. The van der Waals surface area contributed by atoms with Crippen molar-refractivity contribution in [2.45, 2.75) is 24.7 Å². The minimum Gasteiger partial charge on any atom is -0.496 e. The molecule has 0 amide bonds. The first-order valence-corrected chi connectivity index (χ1v) is 6.39. The molecule has 19 heavy (non-hydrogen) atoms. The molecular formula is C14H16O5. The molecule has 1 unspecified atom stereocenters. The summed E-state index contributed by atoms with van der Waals surface area (Å²) in [5.74, 6) is -1.03. The summed E-state index contributed by atoms with van der Waals surface area (Å²) in [7, 11) is 1.56. The Morgan fingerprint density at radius 3 is 2.58 bits per heavy atom. The van der Waals surface area contributed by atoms with Crippen molar-refractivity contribution in [3.05, 3.63) is 29.8 Å². The number of methoxy groups -OCH3 is 1. The Hall–Kier alpha value is -1.59. The molecule has 2 saturated heterocycles. The van der Waals surface area contributed by atoms with Gasteiger partial charge >= 0.3 is 11.8 Å². The van der Waals surface area contributed by atoms with E-state index in [1.54, 1.807) is 19.2 Å². The van der Waals surface area contributed by atoms with Crippen molar-refractivity contribution in [2.75, 3.05) is 20.3 Å². The number of cyclic esters (lactones) is 1. The first-order chi connectivity index (χ1) is 9.26. The van der Waals surface area contributed by atoms with Gasteiger partial charge in [-0.05, 0) is 25.0 Å². The van der Waals surface area contributed by atoms with Gasteiger partial charge in [-0.1, -0.05) is 12.1 Å². The molecule has 2 heterocycles. The van der Waals surface area contributed by atoms with E-state index in [9.17, 15) is 4.79 Å². The fourth-order valence-corrected chi connectivity index (χ4v) is 2.35. The highest BCUT2D eigenvalue weighted by Crippen LogP contribution is 2.47. The van der Waals surface area contributed by atoms with Crippen molar-refractivity contribution in [3.63, 3.8) is 0 Å². The van der Waals surface area contributed by atoms with E-state index in [4.69, 9.17) is 18.9 Å². The summed E-state index contributed by atoms with van der Waals surface area (Å²) in [5.41, 5.74) is 0.633. The topological polar surface area (TPSA) is 57.3 Å². The third-order valence-electron chi connectivity index (χ3n) is 3.43. The molecule has 5 nitrogen and oxygen atoms in total. The van der Waals surface area contributed by atoms with Crippen molar-refractivity contribution in [3.8, 4) is 5.75 Å². The highest BCUT2D eigenvalue weighted by molar-refractivity contribution is 5.93. The normalized spacial score (nSPS) is 26.9. The first kappa shape index (κ1) is 12.4. The smallest absolute Gasteiger partial charge is 0.388 e. The average Bonchev–Trinajstić information content (AvgIpc) is 3.11. The molecule has 0 aliphatic carbocycles. The highest BCUT2D eigenvalue weighted by Gasteiger charge is 2.64. The van der Waals surface area contributed by atoms with Gasteiger partial charge in [0.15, 0.2) is 0 Å². The van der Waals surface area contributed by atoms with E-state index >= 15 is 0 Å². The number of epoxide rings is 1. The van der Waals surface area contributed by atoms with Crippen LogP contribution in [0, 0.1) is 0 Å². The number of ether oxygens (including phenoxy) is 4. The number of hydrogen-bond donors (Lipinski definition) is 0. The van der Waals surface area contributed by atoms with Gasteiger partial charge in [-0.3, -0.25) is 0 Å². The maximum absolute atomic E-state index is 11.7. The van der Waals surface area contributed by atoms with Gasteiger partial charge in [-0.25, -0.2) is 4.79 Å². The maximum atomic E-state index is 11.7. The Labute approximate surface area is 111 Å². The van der Waals surface area contributed by atoms with E-state index in [-0.39, 0.29) is 12.1 Å². The van der Waals surface area contributed by atoms with Crippen molar-refractivity contribution in [1.82, 2.24) is 0 Å². The van der Waals surface area contributed by atoms with Crippen LogP contribution in [-0.4, -0.2) is 32.4 Å². The number of rotatable bonds is 4. The van der Waals surface area contributed by atoms with Crippen LogP contribution in [-0.2, 0) is 24.8 Å². The molecule has 0 N–H and O–H groups in total. The van der Waals surface area contributed by atoms with E-state index in [0.717, 1.165) is 12.8 Å². The molecule has 1 aromatic carbocycles. The van der Waals surface area contributed by atoms with Crippen LogP contribution in [0.5, 0.6) is 5.75 Å². The second kappa shape index (κ2) is 4.83. The monoisotopic (exact) mass is 264 g/mol. The number of benzene rings is 1. The van der Waals surface area contributed by atoms with Gasteiger partial charge in [0.25, 0.3) is 0 Å². The molecule has 102 valence electrons. The van der Waals surface area contributed by atoms with Crippen LogP contribution in [0.25, 0.3) is 0 Å². The van der Waals surface area contributed by atoms with Gasteiger partial charge < -0.3 is 18.9 Å². The number of carbonyl (C=O) groups excluding carboxylic acids is 1. The zero-order valence-corrected chi connectivity index (χ0v) is 10.8. The molecule has 1 aromatic rings. The minimum absolute atomic E-state index is 0.0230. The van der Waals surface area contributed by atoms with Crippen molar-refractivity contribution in [2.24, 2.45) is 0 Å². The van der Waals surface area contributed by atoms with Crippen LogP contribution in [0.15, 0.2) is 24.3 Å². The summed E-state index contributed by atoms with van der Waals surface area (Å²) in [6, 6.07) is 7.27. The predicted octanol–water partition coefficient (Wildman–Crippen LogP) is 1.60. The fourth-order valence-electron chi connectivity index (χ4n) is 2.35. The Morgan fingerprint density at radius 1 is 1.26 bits per heavy atom. The molecule has 1 atom stereocenters. The van der Waals surface area contributed by atoms with Gasteiger partial charge in [0.2, 0.25) is 0 Å². The second-order valence-corrected chi connectivity index (χ2v) is 4.64. The second-order valence-electron chi connectivity index (χ2n) is 4.64. The fraction of sp³-hybridized carbons (Fsp3) is 0.500. The van der Waals surface area contributed by atoms with Crippen molar-refractivity contribution in [1.29, 1.82) is 0 Å². The lowest BCUT2D eigenvalue weighted by atomic mass is 10.1. The zero-order valence-electron chi connectivity index (χ0n) is 10.8. The van der Waals surface area contributed by atoms with Gasteiger partial charge in [-0.15, -0.1) is 0 Å². The van der Waals surface area contributed by atoms with E-state index in [1.807, 2.05) is 12.1 Å². The molecule has 0 radical (unpaired) electrons. The van der Waals surface area contributed by atoms with Crippen LogP contribution >= 0.6 is 0 Å². The molecule has 2 aliphatic rings. The summed E-state index contributed by atoms with van der Waals surface area (Å²) in [6.45, 7) is 1.31. The Balaban J connectivity index is 1.84. The van der Waals surface area contributed by atoms with Gasteiger partial charge in [0.1, 0.15) is 5.75 Å². The zero-order chi connectivity index (χ0) is 13.3. The third kappa shape index (κ3) is 2.19. The number of para-hydroxylation sites is 1. The molecule has 0 aromatic heterocycles. The summed E-state index contributed by atoms with van der Waals surface area (Å²) in [5, 5.41) is 0. The van der Waals surface area contributed by atoms with Gasteiger partial charge in [0, 0.05) is 13.2 Å². The molecule has 5 heteroatoms. The first-order valence-electron chi connectivity index (χ1n) is 6.39. The highest BCUT2D eigenvalue weighted by atomic mass is 16.8. The lowest BCUT2D eigenvalue weighted by Crippen LogP contribution is -2.30. The quantitative estimate of drug-likeness (QED) is 0.773. The summed E-state index contributed by atoms with van der Waals surface area (Å²) >= 11 is 0. The Bertz CT molecular complexity index is 480. The predicted molar refractivity (Wildman–Crippen MR) is 65.7 cm³/mol. The summed E-state index contributed by atoms with van der Waals surface area (Å²) in [4.78, 5) is 11.7. The maximum Gasteiger partial charge on any atom is 0.388 e. The molecular weight excluding hydrogens is 248 g/mol. The molecule has 0 saturated carbocycles. The SMILES string of the molecule is COc1ccccc1C1(OC2CCOCC2)OC1=O. The van der Waals surface area contributed by atoms with E-state index in [2.05, 4.69) is 0 Å². The van der Waals surface area contributed by atoms with Crippen LogP contribution in [0.4, 0.5) is 0 Å². The number of carbonyl (C=O) groups is 1. The lowest BCUT2D eigenvalue weighted by Gasteiger charge is -2.24. The van der Waals surface area contributed by atoms with E-state index in [1.165, 1.54) is 0 Å². The standard InChI is InChI=1S/C14H16O5/c1-16-12-5-3-2-4-11(12)14(13(15)19-14)18-10-6-8-17-9-7-10/h2-5,10H,6-9H2,1H3. The molecule has 0 spiro atoms. The Morgan fingerprint density at radius 2 is 1.95 bits per heavy atom.